The third-order valence-electron chi connectivity index (χ3n) is 2.58. The van der Waals surface area contributed by atoms with Crippen molar-refractivity contribution in [2.75, 3.05) is 6.61 Å². The highest BCUT2D eigenvalue weighted by atomic mass is 16.6. The molecule has 2 rings (SSSR count). The Bertz CT molecular complexity index is 712. The number of carbonyl (C=O) groups excluding carboxylic acids is 1. The molecule has 1 aromatic heterocycles. The van der Waals surface area contributed by atoms with Gasteiger partial charge in [0.25, 0.3) is 5.69 Å². The minimum Gasteiger partial charge on any atom is -0.461 e. The van der Waals surface area contributed by atoms with Gasteiger partial charge in [0.05, 0.1) is 28.5 Å². The molecular weight excluding hydrogens is 250 g/mol. The summed E-state index contributed by atoms with van der Waals surface area (Å²) in [4.78, 5) is 24.8. The maximum Gasteiger partial charge on any atom is 0.355 e. The van der Waals surface area contributed by atoms with Crippen molar-refractivity contribution in [1.82, 2.24) is 4.98 Å². The number of ether oxygens (including phenoxy) is 1. The van der Waals surface area contributed by atoms with Gasteiger partial charge in [-0.3, -0.25) is 10.1 Å². The van der Waals surface area contributed by atoms with Crippen LogP contribution >= 0.6 is 0 Å². The number of nitrogens with one attached hydrogen (secondary N) is 1. The van der Waals surface area contributed by atoms with Crippen LogP contribution in [0.3, 0.4) is 0 Å². The third-order valence-corrected chi connectivity index (χ3v) is 2.58. The summed E-state index contributed by atoms with van der Waals surface area (Å²) >= 11 is 0. The smallest absolute Gasteiger partial charge is 0.355 e. The number of rotatable bonds is 3. The van der Waals surface area contributed by atoms with Gasteiger partial charge in [0.1, 0.15) is 5.69 Å². The Balaban J connectivity index is 2.74. The number of aromatic nitrogens is 1. The molecular formula is C12H9N3O4. The Morgan fingerprint density at radius 3 is 2.89 bits per heavy atom. The van der Waals surface area contributed by atoms with Crippen molar-refractivity contribution in [3.63, 3.8) is 0 Å². The lowest BCUT2D eigenvalue weighted by molar-refractivity contribution is -0.383. The Morgan fingerprint density at radius 2 is 2.32 bits per heavy atom. The number of nitrogens with zero attached hydrogens (tertiary/aromatic N) is 2. The molecule has 0 saturated heterocycles. The highest BCUT2D eigenvalue weighted by Gasteiger charge is 2.23. The number of carbonyl (C=O) groups is 1. The number of hydrogen-bond acceptors (Lipinski definition) is 5. The van der Waals surface area contributed by atoms with E-state index >= 15 is 0 Å². The molecule has 19 heavy (non-hydrogen) atoms. The van der Waals surface area contributed by atoms with Crippen molar-refractivity contribution in [1.29, 1.82) is 5.26 Å². The van der Waals surface area contributed by atoms with Crippen LogP contribution < -0.4 is 0 Å². The fraction of sp³-hybridized carbons (Fsp3) is 0.167. The van der Waals surface area contributed by atoms with Crippen LogP contribution in [0.4, 0.5) is 5.69 Å². The number of fused-ring (bicyclic) bond motifs is 1. The third kappa shape index (κ3) is 2.11. The van der Waals surface area contributed by atoms with E-state index in [1.54, 1.807) is 6.92 Å². The fourth-order valence-corrected chi connectivity index (χ4v) is 1.83. The minimum absolute atomic E-state index is 0.0213. The first kappa shape index (κ1) is 12.6. The lowest BCUT2D eigenvalue weighted by atomic mass is 10.1. The highest BCUT2D eigenvalue weighted by Crippen LogP contribution is 2.30. The Morgan fingerprint density at radius 1 is 1.58 bits per heavy atom. The number of non-ortho nitro benzene ring substituents is 1. The molecule has 0 aliphatic carbocycles. The van der Waals surface area contributed by atoms with Crippen LogP contribution in [0, 0.1) is 21.4 Å². The Labute approximate surface area is 107 Å². The zero-order chi connectivity index (χ0) is 14.0. The Hall–Kier alpha value is -2.88. The first-order valence-corrected chi connectivity index (χ1v) is 5.45. The molecule has 0 amide bonds. The average Bonchev–Trinajstić information content (AvgIpc) is 2.81. The summed E-state index contributed by atoms with van der Waals surface area (Å²) in [5.41, 5.74) is -0.111. The molecule has 0 spiro atoms. The second-order valence-electron chi connectivity index (χ2n) is 3.71. The number of nitriles is 1. The summed E-state index contributed by atoms with van der Waals surface area (Å²) in [6.45, 7) is 1.81. The topological polar surface area (TPSA) is 109 Å². The molecule has 0 radical (unpaired) electrons. The molecule has 2 aromatic rings. The molecule has 1 N–H and O–H groups in total. The van der Waals surface area contributed by atoms with E-state index in [2.05, 4.69) is 4.98 Å². The number of hydrogen-bond donors (Lipinski definition) is 1. The molecule has 0 unspecified atom stereocenters. The first-order chi connectivity index (χ1) is 9.08. The van der Waals surface area contributed by atoms with E-state index in [1.165, 1.54) is 12.3 Å². The van der Waals surface area contributed by atoms with Gasteiger partial charge in [0.2, 0.25) is 0 Å². The van der Waals surface area contributed by atoms with Crippen molar-refractivity contribution >= 4 is 22.4 Å². The first-order valence-electron chi connectivity index (χ1n) is 5.45. The van der Waals surface area contributed by atoms with Gasteiger partial charge in [-0.2, -0.15) is 5.26 Å². The van der Waals surface area contributed by atoms with E-state index in [1.807, 2.05) is 6.07 Å². The molecule has 96 valence electrons. The number of nitro groups is 1. The summed E-state index contributed by atoms with van der Waals surface area (Å²) < 4.78 is 4.83. The predicted molar refractivity (Wildman–Crippen MR) is 65.6 cm³/mol. The van der Waals surface area contributed by atoms with E-state index in [9.17, 15) is 14.9 Å². The van der Waals surface area contributed by atoms with Gasteiger partial charge in [-0.15, -0.1) is 0 Å². The molecule has 0 aliphatic heterocycles. The number of H-pyrrole nitrogens is 1. The van der Waals surface area contributed by atoms with Crippen molar-refractivity contribution < 1.29 is 14.5 Å². The molecule has 0 aliphatic rings. The van der Waals surface area contributed by atoms with E-state index in [4.69, 9.17) is 10.00 Å². The summed E-state index contributed by atoms with van der Waals surface area (Å²) in [5, 5.41) is 20.5. The zero-order valence-electron chi connectivity index (χ0n) is 9.97. The van der Waals surface area contributed by atoms with Gasteiger partial charge in [0.15, 0.2) is 0 Å². The van der Waals surface area contributed by atoms with Crippen molar-refractivity contribution in [3.8, 4) is 6.07 Å². The van der Waals surface area contributed by atoms with Gasteiger partial charge >= 0.3 is 5.97 Å². The van der Waals surface area contributed by atoms with Crippen LogP contribution in [0.1, 0.15) is 23.0 Å². The number of esters is 1. The van der Waals surface area contributed by atoms with Gasteiger partial charge in [-0.1, -0.05) is 0 Å². The van der Waals surface area contributed by atoms with E-state index < -0.39 is 10.9 Å². The maximum atomic E-state index is 11.7. The van der Waals surface area contributed by atoms with Crippen LogP contribution in [0.15, 0.2) is 18.3 Å². The monoisotopic (exact) mass is 259 g/mol. The van der Waals surface area contributed by atoms with Crippen molar-refractivity contribution in [3.05, 3.63) is 39.7 Å². The van der Waals surface area contributed by atoms with Crippen LogP contribution in [0.5, 0.6) is 0 Å². The fourth-order valence-electron chi connectivity index (χ4n) is 1.83. The van der Waals surface area contributed by atoms with Gasteiger partial charge in [0, 0.05) is 17.6 Å². The Kier molecular flexibility index (Phi) is 3.16. The SMILES string of the molecule is CCOC(=O)c1[nH]cc2cc(C#N)cc([N+](=O)[O-])c12. The van der Waals surface area contributed by atoms with Crippen molar-refractivity contribution in [2.45, 2.75) is 6.92 Å². The van der Waals surface area contributed by atoms with Gasteiger partial charge < -0.3 is 9.72 Å². The molecule has 7 nitrogen and oxygen atoms in total. The molecule has 1 heterocycles. The second kappa shape index (κ2) is 4.78. The summed E-state index contributed by atoms with van der Waals surface area (Å²) in [7, 11) is 0. The lowest BCUT2D eigenvalue weighted by Crippen LogP contribution is -2.06. The van der Waals surface area contributed by atoms with Gasteiger partial charge in [-0.25, -0.2) is 4.79 Å². The molecule has 0 fully saturated rings. The highest BCUT2D eigenvalue weighted by molar-refractivity contribution is 6.07. The number of benzene rings is 1. The second-order valence-corrected chi connectivity index (χ2v) is 3.71. The largest absolute Gasteiger partial charge is 0.461 e. The molecule has 0 atom stereocenters. The molecule has 0 saturated carbocycles. The summed E-state index contributed by atoms with van der Waals surface area (Å²) in [6, 6.07) is 4.46. The molecule has 0 bridgehead atoms. The quantitative estimate of drug-likeness (QED) is 0.515. The van der Waals surface area contributed by atoms with Crippen LogP contribution in [-0.4, -0.2) is 22.5 Å². The van der Waals surface area contributed by atoms with Crippen LogP contribution in [0.25, 0.3) is 10.8 Å². The van der Waals surface area contributed by atoms with Crippen LogP contribution in [0.2, 0.25) is 0 Å². The van der Waals surface area contributed by atoms with Crippen LogP contribution in [-0.2, 0) is 4.74 Å². The van der Waals surface area contributed by atoms with E-state index in [-0.39, 0.29) is 28.9 Å². The average molecular weight is 259 g/mol. The maximum absolute atomic E-state index is 11.7. The normalized spacial score (nSPS) is 10.1. The molecule has 7 heteroatoms. The van der Waals surface area contributed by atoms with Gasteiger partial charge in [-0.05, 0) is 13.0 Å². The van der Waals surface area contributed by atoms with E-state index in [0.29, 0.717) is 5.39 Å². The lowest BCUT2D eigenvalue weighted by Gasteiger charge is -2.01. The minimum atomic E-state index is -0.662. The molecule has 1 aromatic carbocycles. The standard InChI is InChI=1S/C12H9N3O4/c1-2-19-12(16)11-10-8(6-14-11)3-7(5-13)4-9(10)15(17)18/h3-4,6,14H,2H2,1H3. The summed E-state index contributed by atoms with van der Waals surface area (Å²) in [6.07, 6.45) is 1.44. The predicted octanol–water partition coefficient (Wildman–Crippen LogP) is 2.12. The zero-order valence-corrected chi connectivity index (χ0v) is 9.97. The number of nitro benzene ring substituents is 1. The number of aromatic amines is 1. The van der Waals surface area contributed by atoms with Crippen molar-refractivity contribution in [2.24, 2.45) is 0 Å². The van der Waals surface area contributed by atoms with E-state index in [0.717, 1.165) is 6.07 Å². The summed E-state index contributed by atoms with van der Waals surface area (Å²) in [5.74, 6) is -0.662.